The van der Waals surface area contributed by atoms with Gasteiger partial charge in [0.15, 0.2) is 11.6 Å². The highest BCUT2D eigenvalue weighted by molar-refractivity contribution is 7.90. The molecule has 0 saturated heterocycles. The molecule has 0 aliphatic heterocycles. The second kappa shape index (κ2) is 11.4. The topological polar surface area (TPSA) is 125 Å². The minimum absolute atomic E-state index is 0.00137. The number of carbonyl (C=O) groups is 2. The number of carbonyl (C=O) groups excluding carboxylic acids is 2. The number of rotatable bonds is 8. The van der Waals surface area contributed by atoms with Gasteiger partial charge in [-0.3, -0.25) is 9.59 Å². The maximum atomic E-state index is 15.1. The molecule has 186 valence electrons. The van der Waals surface area contributed by atoms with Crippen molar-refractivity contribution in [2.75, 3.05) is 5.32 Å². The quantitative estimate of drug-likeness (QED) is 0.398. The van der Waals surface area contributed by atoms with Gasteiger partial charge in [0, 0.05) is 22.7 Å². The summed E-state index contributed by atoms with van der Waals surface area (Å²) in [6, 6.07) is 13.9. The Morgan fingerprint density at radius 1 is 1.06 bits per heavy atom. The third-order valence-electron chi connectivity index (χ3n) is 4.72. The number of amides is 2. The van der Waals surface area contributed by atoms with Gasteiger partial charge < -0.3 is 10.1 Å². The van der Waals surface area contributed by atoms with Crippen LogP contribution in [0.1, 0.15) is 24.5 Å². The zero-order valence-corrected chi connectivity index (χ0v) is 21.0. The Kier molecular flexibility index (Phi) is 8.53. The van der Waals surface area contributed by atoms with Crippen LogP contribution in [-0.4, -0.2) is 20.2 Å². The van der Waals surface area contributed by atoms with Gasteiger partial charge in [-0.15, -0.1) is 0 Å². The summed E-state index contributed by atoms with van der Waals surface area (Å²) < 4.78 is 46.9. The maximum Gasteiger partial charge on any atom is 0.264 e. The van der Waals surface area contributed by atoms with E-state index in [1.54, 1.807) is 0 Å². The van der Waals surface area contributed by atoms with Crippen molar-refractivity contribution >= 4 is 50.7 Å². The van der Waals surface area contributed by atoms with Crippen molar-refractivity contribution in [2.24, 2.45) is 0 Å². The first-order valence-corrected chi connectivity index (χ1v) is 12.6. The summed E-state index contributed by atoms with van der Waals surface area (Å²) in [5.41, 5.74) is 0.446. The average molecular weight is 550 g/mol. The number of sulfonamides is 1. The second-order valence-electron chi connectivity index (χ2n) is 7.37. The Morgan fingerprint density at radius 2 is 1.75 bits per heavy atom. The summed E-state index contributed by atoms with van der Waals surface area (Å²) in [7, 11) is -4.03. The van der Waals surface area contributed by atoms with Gasteiger partial charge in [-0.05, 0) is 48.5 Å². The van der Waals surface area contributed by atoms with Crippen molar-refractivity contribution in [3.63, 3.8) is 0 Å². The highest BCUT2D eigenvalue weighted by atomic mass is 35.5. The fourth-order valence-electron chi connectivity index (χ4n) is 2.98. The molecule has 0 radical (unpaired) electrons. The van der Waals surface area contributed by atoms with Gasteiger partial charge in [0.25, 0.3) is 10.0 Å². The highest BCUT2D eigenvalue weighted by Gasteiger charge is 2.19. The molecule has 36 heavy (non-hydrogen) atoms. The summed E-state index contributed by atoms with van der Waals surface area (Å²) in [6.07, 6.45) is -0.383. The van der Waals surface area contributed by atoms with Crippen molar-refractivity contribution in [1.82, 2.24) is 4.72 Å². The molecule has 0 spiro atoms. The Balaban J connectivity index is 1.74. The molecular weight excluding hydrogens is 532 g/mol. The molecule has 3 rings (SSSR count). The van der Waals surface area contributed by atoms with Crippen LogP contribution in [0.5, 0.6) is 11.5 Å². The average Bonchev–Trinajstić information content (AvgIpc) is 2.83. The van der Waals surface area contributed by atoms with E-state index in [2.05, 4.69) is 5.32 Å². The number of halogens is 3. The lowest BCUT2D eigenvalue weighted by Gasteiger charge is -2.13. The van der Waals surface area contributed by atoms with Crippen LogP contribution in [0.25, 0.3) is 0 Å². The number of hydrogen-bond acceptors (Lipinski definition) is 6. The van der Waals surface area contributed by atoms with E-state index in [9.17, 15) is 18.0 Å². The molecule has 0 fully saturated rings. The third-order valence-corrected chi connectivity index (χ3v) is 6.62. The van der Waals surface area contributed by atoms with Crippen LogP contribution in [-0.2, 0) is 26.0 Å². The monoisotopic (exact) mass is 549 g/mol. The molecule has 0 aromatic heterocycles. The standard InChI is InChI=1S/C24H18Cl2FN3O5S/c1-2-21(31)30-36(33,34)19-6-4-17(5-7-19)29-22(32)11-15-3-8-20(26)24(23(15)27)35-18-10-14(13-28)9-16(25)12-18/h3-10,12H,2,11H2,1H3,(H,29,32)(H,30,31). The maximum absolute atomic E-state index is 15.1. The van der Waals surface area contributed by atoms with Crippen LogP contribution in [0.2, 0.25) is 10.0 Å². The van der Waals surface area contributed by atoms with Gasteiger partial charge in [0.2, 0.25) is 11.8 Å². The molecule has 3 aromatic rings. The lowest BCUT2D eigenvalue weighted by molar-refractivity contribution is -0.119. The van der Waals surface area contributed by atoms with Crippen molar-refractivity contribution < 1.29 is 27.1 Å². The molecule has 8 nitrogen and oxygen atoms in total. The lowest BCUT2D eigenvalue weighted by atomic mass is 10.1. The van der Waals surface area contributed by atoms with Gasteiger partial charge in [0.1, 0.15) is 5.75 Å². The Labute approximate surface area is 216 Å². The first kappa shape index (κ1) is 26.9. The molecule has 12 heteroatoms. The van der Waals surface area contributed by atoms with Crippen LogP contribution in [0, 0.1) is 17.1 Å². The Morgan fingerprint density at radius 3 is 2.39 bits per heavy atom. The number of nitrogens with one attached hydrogen (secondary N) is 2. The smallest absolute Gasteiger partial charge is 0.264 e. The summed E-state index contributed by atoms with van der Waals surface area (Å²) in [6.45, 7) is 1.52. The van der Waals surface area contributed by atoms with E-state index in [4.69, 9.17) is 33.2 Å². The largest absolute Gasteiger partial charge is 0.453 e. The summed E-state index contributed by atoms with van der Waals surface area (Å²) in [5, 5.41) is 11.8. The van der Waals surface area contributed by atoms with Crippen molar-refractivity contribution in [2.45, 2.75) is 24.7 Å². The molecule has 0 heterocycles. The van der Waals surface area contributed by atoms with Crippen LogP contribution in [0.15, 0.2) is 59.5 Å². The number of nitrogens with zero attached hydrogens (tertiary/aromatic N) is 1. The Hall–Kier alpha value is -3.65. The molecule has 0 unspecified atom stereocenters. The summed E-state index contributed by atoms with van der Waals surface area (Å²) in [4.78, 5) is 23.7. The van der Waals surface area contributed by atoms with E-state index in [0.29, 0.717) is 0 Å². The first-order valence-electron chi connectivity index (χ1n) is 10.3. The van der Waals surface area contributed by atoms with Crippen molar-refractivity contribution in [1.29, 1.82) is 5.26 Å². The van der Waals surface area contributed by atoms with Crippen molar-refractivity contribution in [3.05, 3.63) is 81.6 Å². The van der Waals surface area contributed by atoms with E-state index in [1.807, 2.05) is 10.8 Å². The minimum Gasteiger partial charge on any atom is -0.453 e. The first-order chi connectivity index (χ1) is 17.0. The fraction of sp³-hybridized carbons (Fsp3) is 0.125. The lowest BCUT2D eigenvalue weighted by Crippen LogP contribution is -2.29. The number of hydrogen-bond donors (Lipinski definition) is 2. The highest BCUT2D eigenvalue weighted by Crippen LogP contribution is 2.35. The van der Waals surface area contributed by atoms with E-state index in [-0.39, 0.29) is 56.1 Å². The molecule has 3 aromatic carbocycles. The third kappa shape index (κ3) is 6.73. The van der Waals surface area contributed by atoms with E-state index >= 15 is 4.39 Å². The Bertz CT molecular complexity index is 1470. The normalized spacial score (nSPS) is 10.9. The summed E-state index contributed by atoms with van der Waals surface area (Å²) in [5.74, 6) is -2.36. The zero-order valence-electron chi connectivity index (χ0n) is 18.6. The number of anilines is 1. The zero-order chi connectivity index (χ0) is 26.5. The molecule has 0 aliphatic carbocycles. The van der Waals surface area contributed by atoms with E-state index in [0.717, 1.165) is 0 Å². The van der Waals surface area contributed by atoms with Gasteiger partial charge in [-0.2, -0.15) is 5.26 Å². The van der Waals surface area contributed by atoms with Gasteiger partial charge in [-0.1, -0.05) is 36.2 Å². The van der Waals surface area contributed by atoms with Crippen LogP contribution < -0.4 is 14.8 Å². The predicted molar refractivity (Wildman–Crippen MR) is 132 cm³/mol. The molecule has 2 amide bonds. The van der Waals surface area contributed by atoms with Gasteiger partial charge in [-0.25, -0.2) is 17.5 Å². The molecule has 0 saturated carbocycles. The number of benzene rings is 3. The van der Waals surface area contributed by atoms with Gasteiger partial charge in [0.05, 0.1) is 28.0 Å². The molecule has 2 N–H and O–H groups in total. The second-order valence-corrected chi connectivity index (χ2v) is 9.90. The predicted octanol–water partition coefficient (Wildman–Crippen LogP) is 5.19. The SMILES string of the molecule is CCC(=O)NS(=O)(=O)c1ccc(NC(=O)Cc2ccc(Cl)c(Oc3cc(Cl)cc(C#N)c3)c2F)cc1. The van der Waals surface area contributed by atoms with Crippen molar-refractivity contribution in [3.8, 4) is 17.6 Å². The molecule has 0 aliphatic rings. The minimum atomic E-state index is -4.03. The molecule has 0 bridgehead atoms. The van der Waals surface area contributed by atoms with Crippen LogP contribution >= 0.6 is 23.2 Å². The molecule has 0 atom stereocenters. The fourth-order valence-corrected chi connectivity index (χ4v) is 4.45. The van der Waals surface area contributed by atoms with E-state index < -0.39 is 27.7 Å². The van der Waals surface area contributed by atoms with E-state index in [1.165, 1.54) is 61.5 Å². The van der Waals surface area contributed by atoms with Gasteiger partial charge >= 0.3 is 0 Å². The van der Waals surface area contributed by atoms with Crippen LogP contribution in [0.3, 0.4) is 0 Å². The summed E-state index contributed by atoms with van der Waals surface area (Å²) >= 11 is 12.0. The van der Waals surface area contributed by atoms with Crippen LogP contribution in [0.4, 0.5) is 10.1 Å². The number of ether oxygens (including phenoxy) is 1. The number of nitriles is 1. The molecular formula is C24H18Cl2FN3O5S.